The number of nitrogens with one attached hydrogen (secondary N) is 2. The predicted octanol–water partition coefficient (Wildman–Crippen LogP) is 3.76. The number of hydrogen-bond acceptors (Lipinski definition) is 4. The molecule has 7 nitrogen and oxygen atoms in total. The average Bonchev–Trinajstić information content (AvgIpc) is 2.95. The molecule has 166 valence electrons. The maximum absolute atomic E-state index is 12.8. The molecule has 1 aliphatic carbocycles. The second-order valence-electron chi connectivity index (χ2n) is 8.31. The highest BCUT2D eigenvalue weighted by molar-refractivity contribution is 6.21. The Labute approximate surface area is 187 Å². The summed E-state index contributed by atoms with van der Waals surface area (Å²) < 4.78 is 0. The van der Waals surface area contributed by atoms with Crippen LogP contribution < -0.4 is 10.6 Å². The van der Waals surface area contributed by atoms with Crippen LogP contribution in [0.1, 0.15) is 76.0 Å². The summed E-state index contributed by atoms with van der Waals surface area (Å²) >= 11 is 0. The molecule has 4 amide bonds. The zero-order valence-electron chi connectivity index (χ0n) is 17.9. The van der Waals surface area contributed by atoms with Crippen LogP contribution in [0.25, 0.3) is 0 Å². The van der Waals surface area contributed by atoms with Crippen molar-refractivity contribution in [2.75, 3.05) is 11.9 Å². The van der Waals surface area contributed by atoms with E-state index in [1.807, 2.05) is 0 Å². The average molecular weight is 434 g/mol. The lowest BCUT2D eigenvalue weighted by Gasteiger charge is -2.18. The number of amides is 4. The number of carbonyl (C=O) groups excluding carboxylic acids is 4. The molecular weight excluding hydrogens is 406 g/mol. The van der Waals surface area contributed by atoms with Crippen molar-refractivity contribution in [3.63, 3.8) is 0 Å². The fraction of sp³-hybridized carbons (Fsp3) is 0.360. The van der Waals surface area contributed by atoms with Crippen molar-refractivity contribution in [2.24, 2.45) is 0 Å². The van der Waals surface area contributed by atoms with Crippen LogP contribution in [0, 0.1) is 0 Å². The summed E-state index contributed by atoms with van der Waals surface area (Å²) in [6.45, 7) is -0.0192. The third-order valence-electron chi connectivity index (χ3n) is 6.08. The molecule has 7 heteroatoms. The molecule has 0 spiro atoms. The fourth-order valence-corrected chi connectivity index (χ4v) is 4.35. The highest BCUT2D eigenvalue weighted by Crippen LogP contribution is 2.23. The number of para-hydroxylation sites is 1. The zero-order chi connectivity index (χ0) is 22.5. The van der Waals surface area contributed by atoms with Gasteiger partial charge in [0.05, 0.1) is 22.4 Å². The van der Waals surface area contributed by atoms with Gasteiger partial charge in [-0.3, -0.25) is 24.1 Å². The summed E-state index contributed by atoms with van der Waals surface area (Å²) in [6.07, 6.45) is 6.52. The van der Waals surface area contributed by atoms with Crippen molar-refractivity contribution in [1.29, 1.82) is 0 Å². The van der Waals surface area contributed by atoms with E-state index in [9.17, 15) is 19.2 Å². The highest BCUT2D eigenvalue weighted by atomic mass is 16.2. The van der Waals surface area contributed by atoms with Gasteiger partial charge in [-0.2, -0.15) is 0 Å². The van der Waals surface area contributed by atoms with Crippen LogP contribution >= 0.6 is 0 Å². The summed E-state index contributed by atoms with van der Waals surface area (Å²) in [5, 5.41) is 5.87. The molecule has 0 unspecified atom stereocenters. The predicted molar refractivity (Wildman–Crippen MR) is 120 cm³/mol. The molecule has 0 atom stereocenters. The van der Waals surface area contributed by atoms with E-state index < -0.39 is 0 Å². The van der Waals surface area contributed by atoms with Gasteiger partial charge in [0.15, 0.2) is 0 Å². The Balaban J connectivity index is 1.36. The highest BCUT2D eigenvalue weighted by Gasteiger charge is 2.35. The largest absolute Gasteiger partial charge is 0.349 e. The molecular formula is C25H27N3O4. The van der Waals surface area contributed by atoms with E-state index in [0.29, 0.717) is 22.4 Å². The molecule has 1 fully saturated rings. The van der Waals surface area contributed by atoms with Crippen LogP contribution in [0.3, 0.4) is 0 Å². The van der Waals surface area contributed by atoms with E-state index in [4.69, 9.17) is 0 Å². The molecule has 0 saturated heterocycles. The summed E-state index contributed by atoms with van der Waals surface area (Å²) in [7, 11) is 0. The third-order valence-corrected chi connectivity index (χ3v) is 6.08. The van der Waals surface area contributed by atoms with Crippen molar-refractivity contribution in [2.45, 2.75) is 51.0 Å². The second-order valence-corrected chi connectivity index (χ2v) is 8.31. The molecule has 0 aromatic heterocycles. The Hall–Kier alpha value is -3.48. The Morgan fingerprint density at radius 1 is 0.844 bits per heavy atom. The fourth-order valence-electron chi connectivity index (χ4n) is 4.35. The van der Waals surface area contributed by atoms with Crippen LogP contribution in [0.4, 0.5) is 5.69 Å². The zero-order valence-corrected chi connectivity index (χ0v) is 17.9. The van der Waals surface area contributed by atoms with Crippen molar-refractivity contribution < 1.29 is 19.2 Å². The Bertz CT molecular complexity index is 1010. The van der Waals surface area contributed by atoms with Crippen molar-refractivity contribution in [3.05, 3.63) is 65.2 Å². The number of hydrogen-bond donors (Lipinski definition) is 2. The van der Waals surface area contributed by atoms with Crippen molar-refractivity contribution in [3.8, 4) is 0 Å². The number of anilines is 1. The van der Waals surface area contributed by atoms with Gasteiger partial charge in [0.25, 0.3) is 17.7 Å². The standard InChI is InChI=1S/C25H27N3O4/c29-22(15-16-28-24(31)18-11-5-6-12-19(18)25(28)32)27-21-14-8-7-13-20(21)23(30)26-17-9-3-1-2-4-10-17/h5-8,11-14,17H,1-4,9-10,15-16H2,(H,26,30)(H,27,29). The van der Waals surface area contributed by atoms with Gasteiger partial charge in [0.2, 0.25) is 5.91 Å². The molecule has 1 heterocycles. The first kappa shape index (κ1) is 21.7. The molecule has 0 radical (unpaired) electrons. The lowest BCUT2D eigenvalue weighted by molar-refractivity contribution is -0.116. The SMILES string of the molecule is O=C(CCN1C(=O)c2ccccc2C1=O)Nc1ccccc1C(=O)NC1CCCCCC1. The second kappa shape index (κ2) is 9.77. The molecule has 2 aromatic carbocycles. The number of fused-ring (bicyclic) bond motifs is 1. The van der Waals surface area contributed by atoms with Gasteiger partial charge in [-0.1, -0.05) is 49.9 Å². The lowest BCUT2D eigenvalue weighted by Crippen LogP contribution is -2.35. The normalized spacial score (nSPS) is 16.4. The van der Waals surface area contributed by atoms with E-state index in [1.54, 1.807) is 48.5 Å². The van der Waals surface area contributed by atoms with Crippen LogP contribution in [0.5, 0.6) is 0 Å². The lowest BCUT2D eigenvalue weighted by atomic mass is 10.1. The van der Waals surface area contributed by atoms with Gasteiger partial charge in [0, 0.05) is 19.0 Å². The quantitative estimate of drug-likeness (QED) is 0.536. The minimum Gasteiger partial charge on any atom is -0.349 e. The van der Waals surface area contributed by atoms with Crippen LogP contribution in [0.2, 0.25) is 0 Å². The molecule has 4 rings (SSSR count). The summed E-state index contributed by atoms with van der Waals surface area (Å²) in [5.74, 6) is -1.34. The molecule has 1 saturated carbocycles. The maximum atomic E-state index is 12.8. The van der Waals surface area contributed by atoms with Gasteiger partial charge >= 0.3 is 0 Å². The molecule has 2 N–H and O–H groups in total. The minimum atomic E-state index is -0.387. The number of nitrogens with zero attached hydrogens (tertiary/aromatic N) is 1. The molecule has 1 aliphatic heterocycles. The van der Waals surface area contributed by atoms with E-state index in [1.165, 1.54) is 12.8 Å². The number of carbonyl (C=O) groups is 4. The summed E-state index contributed by atoms with van der Waals surface area (Å²) in [6, 6.07) is 13.7. The van der Waals surface area contributed by atoms with Crippen molar-refractivity contribution in [1.82, 2.24) is 10.2 Å². The Kier molecular flexibility index (Phi) is 6.63. The third kappa shape index (κ3) is 4.72. The molecule has 0 bridgehead atoms. The van der Waals surface area contributed by atoms with Crippen LogP contribution in [-0.4, -0.2) is 41.1 Å². The number of imide groups is 1. The number of benzene rings is 2. The smallest absolute Gasteiger partial charge is 0.261 e. The Morgan fingerprint density at radius 2 is 1.44 bits per heavy atom. The minimum absolute atomic E-state index is 0.0192. The molecule has 2 aliphatic rings. The summed E-state index contributed by atoms with van der Waals surface area (Å²) in [5.41, 5.74) is 1.55. The Morgan fingerprint density at radius 3 is 2.09 bits per heavy atom. The van der Waals surface area contributed by atoms with Crippen molar-refractivity contribution >= 4 is 29.3 Å². The van der Waals surface area contributed by atoms with Gasteiger partial charge in [-0.05, 0) is 37.1 Å². The van der Waals surface area contributed by atoms with Gasteiger partial charge in [-0.15, -0.1) is 0 Å². The van der Waals surface area contributed by atoms with E-state index >= 15 is 0 Å². The molecule has 32 heavy (non-hydrogen) atoms. The van der Waals surface area contributed by atoms with Gasteiger partial charge < -0.3 is 10.6 Å². The van der Waals surface area contributed by atoms with Crippen LogP contribution in [0.15, 0.2) is 48.5 Å². The summed E-state index contributed by atoms with van der Waals surface area (Å²) in [4.78, 5) is 51.4. The number of rotatable bonds is 6. The van der Waals surface area contributed by atoms with E-state index in [2.05, 4.69) is 10.6 Å². The molecule has 2 aromatic rings. The first-order chi connectivity index (χ1) is 15.5. The topological polar surface area (TPSA) is 95.6 Å². The monoisotopic (exact) mass is 433 g/mol. The first-order valence-electron chi connectivity index (χ1n) is 11.2. The maximum Gasteiger partial charge on any atom is 0.261 e. The van der Waals surface area contributed by atoms with E-state index in [-0.39, 0.29) is 42.6 Å². The van der Waals surface area contributed by atoms with Gasteiger partial charge in [-0.25, -0.2) is 0 Å². The van der Waals surface area contributed by atoms with Gasteiger partial charge in [0.1, 0.15) is 0 Å². The van der Waals surface area contributed by atoms with E-state index in [0.717, 1.165) is 30.6 Å². The first-order valence-corrected chi connectivity index (χ1v) is 11.2. The van der Waals surface area contributed by atoms with Crippen LogP contribution in [-0.2, 0) is 4.79 Å².